The molecule has 1 N–H and O–H groups in total. The molecular weight excluding hydrogens is 282 g/mol. The Morgan fingerprint density at radius 3 is 2.24 bits per heavy atom. The maximum absolute atomic E-state index is 3.48. The predicted octanol–water partition coefficient (Wildman–Crippen LogP) is 2.21. The zero-order valence-electron chi connectivity index (χ0n) is 13.3. The van der Waals surface area contributed by atoms with Crippen LogP contribution in [0.1, 0.15) is 38.5 Å². The first kappa shape index (κ1) is 16.0. The Balaban J connectivity index is 0.00000132. The number of piperidine rings is 1. The number of hydrogen-bond donors (Lipinski definition) is 1. The Morgan fingerprint density at radius 1 is 0.857 bits per heavy atom. The number of rotatable bonds is 3. The van der Waals surface area contributed by atoms with Crippen LogP contribution in [0, 0.1) is 17.8 Å². The third-order valence-corrected chi connectivity index (χ3v) is 6.55. The zero-order valence-corrected chi connectivity index (χ0v) is 14.1. The van der Waals surface area contributed by atoms with E-state index in [1.807, 2.05) is 0 Å². The Bertz CT molecular complexity index is 324. The molecule has 2 bridgehead atoms. The lowest BCUT2D eigenvalue weighted by Crippen LogP contribution is -2.52. The summed E-state index contributed by atoms with van der Waals surface area (Å²) in [5.74, 6) is 3.12. The SMILES string of the molecule is C1CC(CN2CCN(C3CC4CCC3C4)CC2)CCN1.Cl. The average molecular weight is 314 g/mol. The third-order valence-electron chi connectivity index (χ3n) is 6.55. The lowest BCUT2D eigenvalue weighted by molar-refractivity contribution is 0.0612. The van der Waals surface area contributed by atoms with Gasteiger partial charge in [0.25, 0.3) is 0 Å². The van der Waals surface area contributed by atoms with Crippen molar-refractivity contribution >= 4 is 12.4 Å². The van der Waals surface area contributed by atoms with E-state index >= 15 is 0 Å². The fourth-order valence-electron chi connectivity index (χ4n) is 5.37. The largest absolute Gasteiger partial charge is 0.317 e. The lowest BCUT2D eigenvalue weighted by atomic mass is 9.93. The lowest BCUT2D eigenvalue weighted by Gasteiger charge is -2.42. The minimum Gasteiger partial charge on any atom is -0.317 e. The molecule has 0 spiro atoms. The van der Waals surface area contributed by atoms with Crippen LogP contribution in [-0.4, -0.2) is 61.7 Å². The molecule has 21 heavy (non-hydrogen) atoms. The number of nitrogens with zero attached hydrogens (tertiary/aromatic N) is 2. The Labute approximate surface area is 136 Å². The highest BCUT2D eigenvalue weighted by Crippen LogP contribution is 2.46. The molecule has 2 aliphatic carbocycles. The van der Waals surface area contributed by atoms with Gasteiger partial charge in [-0.25, -0.2) is 0 Å². The Morgan fingerprint density at radius 2 is 1.62 bits per heavy atom. The molecule has 2 heterocycles. The molecule has 2 saturated carbocycles. The van der Waals surface area contributed by atoms with Gasteiger partial charge in [0.1, 0.15) is 0 Å². The molecule has 2 aliphatic heterocycles. The van der Waals surface area contributed by atoms with E-state index in [0.717, 1.165) is 23.8 Å². The molecule has 122 valence electrons. The van der Waals surface area contributed by atoms with E-state index in [4.69, 9.17) is 0 Å². The van der Waals surface area contributed by atoms with Gasteiger partial charge in [-0.1, -0.05) is 6.42 Å². The van der Waals surface area contributed by atoms with Crippen LogP contribution in [0.15, 0.2) is 0 Å². The van der Waals surface area contributed by atoms with Crippen LogP contribution in [0.2, 0.25) is 0 Å². The summed E-state index contributed by atoms with van der Waals surface area (Å²) in [5, 5.41) is 3.48. The van der Waals surface area contributed by atoms with Crippen LogP contribution in [0.5, 0.6) is 0 Å². The number of fused-ring (bicyclic) bond motifs is 2. The summed E-state index contributed by atoms with van der Waals surface area (Å²) in [5.41, 5.74) is 0. The molecule has 0 amide bonds. The topological polar surface area (TPSA) is 18.5 Å². The minimum absolute atomic E-state index is 0. The summed E-state index contributed by atoms with van der Waals surface area (Å²) in [6.07, 6.45) is 8.94. The Kier molecular flexibility index (Phi) is 5.47. The van der Waals surface area contributed by atoms with Crippen LogP contribution < -0.4 is 5.32 Å². The van der Waals surface area contributed by atoms with Crippen molar-refractivity contribution in [3.63, 3.8) is 0 Å². The van der Waals surface area contributed by atoms with Gasteiger partial charge in [0.2, 0.25) is 0 Å². The smallest absolute Gasteiger partial charge is 0.0127 e. The first-order chi connectivity index (χ1) is 9.88. The van der Waals surface area contributed by atoms with Crippen molar-refractivity contribution in [1.82, 2.24) is 15.1 Å². The van der Waals surface area contributed by atoms with Crippen LogP contribution >= 0.6 is 12.4 Å². The van der Waals surface area contributed by atoms with Gasteiger partial charge >= 0.3 is 0 Å². The van der Waals surface area contributed by atoms with E-state index in [2.05, 4.69) is 15.1 Å². The maximum Gasteiger partial charge on any atom is 0.0127 e. The van der Waals surface area contributed by atoms with Gasteiger partial charge in [-0.2, -0.15) is 0 Å². The van der Waals surface area contributed by atoms with Gasteiger partial charge in [0.05, 0.1) is 0 Å². The number of nitrogens with one attached hydrogen (secondary N) is 1. The van der Waals surface area contributed by atoms with Gasteiger partial charge in [0, 0.05) is 38.8 Å². The molecule has 3 atom stereocenters. The summed E-state index contributed by atoms with van der Waals surface area (Å²) < 4.78 is 0. The summed E-state index contributed by atoms with van der Waals surface area (Å²) in [6, 6.07) is 0.967. The molecule has 4 rings (SSSR count). The van der Waals surface area contributed by atoms with Crippen molar-refractivity contribution < 1.29 is 0 Å². The predicted molar refractivity (Wildman–Crippen MR) is 90.1 cm³/mol. The molecule has 3 nitrogen and oxygen atoms in total. The Hall–Kier alpha value is 0.170. The molecule has 0 aromatic heterocycles. The molecule has 4 heteroatoms. The highest BCUT2D eigenvalue weighted by molar-refractivity contribution is 5.85. The quantitative estimate of drug-likeness (QED) is 0.862. The van der Waals surface area contributed by atoms with E-state index < -0.39 is 0 Å². The van der Waals surface area contributed by atoms with Gasteiger partial charge in [-0.3, -0.25) is 4.90 Å². The monoisotopic (exact) mass is 313 g/mol. The number of hydrogen-bond acceptors (Lipinski definition) is 3. The second-order valence-electron chi connectivity index (χ2n) is 7.77. The molecule has 2 saturated heterocycles. The fourth-order valence-corrected chi connectivity index (χ4v) is 5.37. The number of piperazine rings is 1. The highest BCUT2D eigenvalue weighted by atomic mass is 35.5. The minimum atomic E-state index is 0. The average Bonchev–Trinajstić information content (AvgIpc) is 3.12. The van der Waals surface area contributed by atoms with Crippen molar-refractivity contribution in [2.45, 2.75) is 44.6 Å². The molecule has 0 aromatic rings. The van der Waals surface area contributed by atoms with E-state index in [-0.39, 0.29) is 12.4 Å². The second-order valence-corrected chi connectivity index (χ2v) is 7.77. The van der Waals surface area contributed by atoms with Crippen LogP contribution in [0.3, 0.4) is 0 Å². The maximum atomic E-state index is 3.48. The van der Waals surface area contributed by atoms with Crippen LogP contribution in [0.4, 0.5) is 0 Å². The standard InChI is InChI=1S/C17H31N3.ClH/c1-2-16-11-15(1)12-17(16)20-9-7-19(8-10-20)13-14-3-5-18-6-4-14;/h14-18H,1-13H2;1H. The van der Waals surface area contributed by atoms with E-state index in [9.17, 15) is 0 Å². The van der Waals surface area contributed by atoms with Gasteiger partial charge < -0.3 is 10.2 Å². The van der Waals surface area contributed by atoms with Crippen molar-refractivity contribution in [2.75, 3.05) is 45.8 Å². The molecule has 0 radical (unpaired) electrons. The van der Waals surface area contributed by atoms with Gasteiger partial charge in [-0.05, 0) is 62.9 Å². The zero-order chi connectivity index (χ0) is 13.4. The highest BCUT2D eigenvalue weighted by Gasteiger charge is 2.42. The molecule has 4 fully saturated rings. The van der Waals surface area contributed by atoms with E-state index in [1.54, 1.807) is 6.42 Å². The van der Waals surface area contributed by atoms with E-state index in [1.165, 1.54) is 77.9 Å². The van der Waals surface area contributed by atoms with Crippen molar-refractivity contribution in [3.05, 3.63) is 0 Å². The fraction of sp³-hybridized carbons (Fsp3) is 1.00. The van der Waals surface area contributed by atoms with Crippen molar-refractivity contribution in [3.8, 4) is 0 Å². The van der Waals surface area contributed by atoms with Gasteiger partial charge in [-0.15, -0.1) is 12.4 Å². The van der Waals surface area contributed by atoms with E-state index in [0.29, 0.717) is 0 Å². The molecule has 3 unspecified atom stereocenters. The van der Waals surface area contributed by atoms with Crippen molar-refractivity contribution in [1.29, 1.82) is 0 Å². The summed E-state index contributed by atoms with van der Waals surface area (Å²) in [4.78, 5) is 5.60. The van der Waals surface area contributed by atoms with Crippen LogP contribution in [-0.2, 0) is 0 Å². The summed E-state index contributed by atoms with van der Waals surface area (Å²) in [6.45, 7) is 9.21. The van der Waals surface area contributed by atoms with Crippen molar-refractivity contribution in [2.24, 2.45) is 17.8 Å². The normalized spacial score (nSPS) is 38.6. The summed E-state index contributed by atoms with van der Waals surface area (Å²) in [7, 11) is 0. The first-order valence-electron chi connectivity index (χ1n) is 9.05. The number of halogens is 1. The second kappa shape index (κ2) is 7.16. The molecular formula is C17H32ClN3. The summed E-state index contributed by atoms with van der Waals surface area (Å²) >= 11 is 0. The van der Waals surface area contributed by atoms with Crippen LogP contribution in [0.25, 0.3) is 0 Å². The molecule has 0 aromatic carbocycles. The van der Waals surface area contributed by atoms with Gasteiger partial charge in [0.15, 0.2) is 0 Å². The first-order valence-corrected chi connectivity index (χ1v) is 9.05. The third kappa shape index (κ3) is 3.57. The molecule has 4 aliphatic rings.